The Morgan fingerprint density at radius 1 is 1.18 bits per heavy atom. The number of rotatable bonds is 7. The smallest absolute Gasteiger partial charge is 0.245 e. The Hall–Kier alpha value is -1.10. The van der Waals surface area contributed by atoms with Crippen molar-refractivity contribution in [2.24, 2.45) is 5.92 Å². The lowest BCUT2D eigenvalue weighted by Crippen LogP contribution is -2.54. The molecule has 0 N–H and O–H groups in total. The summed E-state index contributed by atoms with van der Waals surface area (Å²) in [4.78, 5) is 31.1. The molecule has 1 aliphatic heterocycles. The van der Waals surface area contributed by atoms with E-state index >= 15 is 0 Å². The minimum absolute atomic E-state index is 0.0442. The second-order valence-corrected chi connectivity index (χ2v) is 6.77. The molecule has 5 heteroatoms. The number of piperidine rings is 1. The molecule has 0 aromatic heterocycles. The fourth-order valence-electron chi connectivity index (χ4n) is 3.00. The molecule has 1 fully saturated rings. The van der Waals surface area contributed by atoms with E-state index in [1.165, 1.54) is 0 Å². The molecule has 0 unspecified atom stereocenters. The third-order valence-corrected chi connectivity index (χ3v) is 4.29. The number of carbonyl (C=O) groups excluding carboxylic acids is 2. The van der Waals surface area contributed by atoms with Crippen molar-refractivity contribution in [3.8, 4) is 0 Å². The van der Waals surface area contributed by atoms with Crippen molar-refractivity contribution < 1.29 is 9.59 Å². The van der Waals surface area contributed by atoms with E-state index in [0.29, 0.717) is 6.54 Å². The average Bonchev–Trinajstić information content (AvgIpc) is 2.49. The number of hydrogen-bond acceptors (Lipinski definition) is 3. The van der Waals surface area contributed by atoms with Gasteiger partial charge in [-0.15, -0.1) is 0 Å². The molecule has 1 heterocycles. The molecule has 1 rings (SSSR count). The maximum Gasteiger partial charge on any atom is 0.245 e. The summed E-state index contributed by atoms with van der Waals surface area (Å²) >= 11 is 0. The molecular weight excluding hydrogens is 278 g/mol. The van der Waals surface area contributed by atoms with Gasteiger partial charge in [-0.2, -0.15) is 0 Å². The summed E-state index contributed by atoms with van der Waals surface area (Å²) in [7, 11) is 4.09. The Bertz CT molecular complexity index is 369. The van der Waals surface area contributed by atoms with Crippen LogP contribution in [0.25, 0.3) is 0 Å². The Balaban J connectivity index is 2.70. The summed E-state index contributed by atoms with van der Waals surface area (Å²) in [6, 6.07) is -0.247. The van der Waals surface area contributed by atoms with E-state index in [4.69, 9.17) is 0 Å². The highest BCUT2D eigenvalue weighted by Gasteiger charge is 2.34. The van der Waals surface area contributed by atoms with Crippen LogP contribution in [0.4, 0.5) is 0 Å². The number of carbonyl (C=O) groups is 2. The zero-order chi connectivity index (χ0) is 16.7. The summed E-state index contributed by atoms with van der Waals surface area (Å²) in [5.74, 6) is 0.203. The summed E-state index contributed by atoms with van der Waals surface area (Å²) < 4.78 is 0. The fourth-order valence-corrected chi connectivity index (χ4v) is 3.00. The van der Waals surface area contributed by atoms with Gasteiger partial charge in [0.2, 0.25) is 11.8 Å². The summed E-state index contributed by atoms with van der Waals surface area (Å²) in [5.41, 5.74) is 0. The lowest BCUT2D eigenvalue weighted by Gasteiger charge is -2.38. The molecular formula is C17H33N3O2. The van der Waals surface area contributed by atoms with Gasteiger partial charge in [0.25, 0.3) is 0 Å². The predicted molar refractivity (Wildman–Crippen MR) is 89.6 cm³/mol. The standard InChI is InChI=1S/C17H33N3O2/c1-6-19(12-9-11-18(4)5)17(22)15-10-7-8-13-20(15)16(21)14(2)3/h14-15H,6-13H2,1-5H3/t15-/m1/s1. The van der Waals surface area contributed by atoms with Gasteiger partial charge in [0.1, 0.15) is 6.04 Å². The maximum absolute atomic E-state index is 12.9. The van der Waals surface area contributed by atoms with Crippen molar-refractivity contribution in [1.82, 2.24) is 14.7 Å². The number of amides is 2. The number of likely N-dealkylation sites (tertiary alicyclic amines) is 1. The molecule has 128 valence electrons. The van der Waals surface area contributed by atoms with Gasteiger partial charge in [0.05, 0.1) is 0 Å². The molecule has 0 radical (unpaired) electrons. The largest absolute Gasteiger partial charge is 0.341 e. The normalized spacial score (nSPS) is 18.9. The highest BCUT2D eigenvalue weighted by Crippen LogP contribution is 2.21. The Morgan fingerprint density at radius 2 is 1.86 bits per heavy atom. The maximum atomic E-state index is 12.9. The number of hydrogen-bond donors (Lipinski definition) is 0. The van der Waals surface area contributed by atoms with Crippen LogP contribution in [-0.2, 0) is 9.59 Å². The lowest BCUT2D eigenvalue weighted by molar-refractivity contribution is -0.149. The van der Waals surface area contributed by atoms with Crippen molar-refractivity contribution in [2.45, 2.75) is 52.5 Å². The third kappa shape index (κ3) is 5.27. The second-order valence-electron chi connectivity index (χ2n) is 6.77. The molecule has 1 atom stereocenters. The monoisotopic (exact) mass is 311 g/mol. The predicted octanol–water partition coefficient (Wildman–Crippen LogP) is 1.82. The molecule has 0 aromatic rings. The minimum Gasteiger partial charge on any atom is -0.341 e. The molecule has 0 aliphatic carbocycles. The van der Waals surface area contributed by atoms with Crippen LogP contribution in [-0.4, -0.2) is 72.8 Å². The van der Waals surface area contributed by atoms with Gasteiger partial charge in [-0.05, 0) is 53.2 Å². The van der Waals surface area contributed by atoms with Crippen LogP contribution < -0.4 is 0 Å². The van der Waals surface area contributed by atoms with Gasteiger partial charge in [-0.25, -0.2) is 0 Å². The fraction of sp³-hybridized carbons (Fsp3) is 0.882. The molecule has 0 aromatic carbocycles. The van der Waals surface area contributed by atoms with Crippen LogP contribution in [0.2, 0.25) is 0 Å². The second kappa shape index (κ2) is 9.13. The zero-order valence-corrected chi connectivity index (χ0v) is 15.0. The SMILES string of the molecule is CCN(CCCN(C)C)C(=O)[C@H]1CCCCN1C(=O)C(C)C. The molecule has 1 aliphatic rings. The summed E-state index contributed by atoms with van der Waals surface area (Å²) in [6.07, 6.45) is 3.82. The van der Waals surface area contributed by atoms with E-state index in [0.717, 1.165) is 45.3 Å². The molecule has 5 nitrogen and oxygen atoms in total. The molecule has 0 spiro atoms. The van der Waals surface area contributed by atoms with Gasteiger partial charge >= 0.3 is 0 Å². The Morgan fingerprint density at radius 3 is 2.41 bits per heavy atom. The first-order valence-corrected chi connectivity index (χ1v) is 8.62. The third-order valence-electron chi connectivity index (χ3n) is 4.29. The van der Waals surface area contributed by atoms with Crippen LogP contribution in [0.5, 0.6) is 0 Å². The van der Waals surface area contributed by atoms with Gasteiger partial charge in [0.15, 0.2) is 0 Å². The first-order chi connectivity index (χ1) is 10.4. The number of likely N-dealkylation sites (N-methyl/N-ethyl adjacent to an activating group) is 1. The van der Waals surface area contributed by atoms with Crippen LogP contribution >= 0.6 is 0 Å². The van der Waals surface area contributed by atoms with E-state index in [1.54, 1.807) is 0 Å². The summed E-state index contributed by atoms with van der Waals surface area (Å²) in [6.45, 7) is 9.03. The lowest BCUT2D eigenvalue weighted by atomic mass is 9.98. The number of nitrogens with zero attached hydrogens (tertiary/aromatic N) is 3. The molecule has 0 saturated carbocycles. The first kappa shape index (κ1) is 18.9. The van der Waals surface area contributed by atoms with E-state index in [2.05, 4.69) is 4.90 Å². The van der Waals surface area contributed by atoms with E-state index in [9.17, 15) is 9.59 Å². The van der Waals surface area contributed by atoms with Crippen molar-refractivity contribution in [2.75, 3.05) is 40.3 Å². The highest BCUT2D eigenvalue weighted by molar-refractivity contribution is 5.88. The van der Waals surface area contributed by atoms with E-state index in [1.807, 2.05) is 44.7 Å². The quantitative estimate of drug-likeness (QED) is 0.720. The molecule has 0 bridgehead atoms. The summed E-state index contributed by atoms with van der Waals surface area (Å²) in [5, 5.41) is 0. The van der Waals surface area contributed by atoms with E-state index in [-0.39, 0.29) is 23.8 Å². The Labute approximate surface area is 135 Å². The van der Waals surface area contributed by atoms with E-state index < -0.39 is 0 Å². The Kier molecular flexibility index (Phi) is 7.87. The van der Waals surface area contributed by atoms with Crippen LogP contribution in [0, 0.1) is 5.92 Å². The zero-order valence-electron chi connectivity index (χ0n) is 15.0. The van der Waals surface area contributed by atoms with Gasteiger partial charge in [0, 0.05) is 25.6 Å². The van der Waals surface area contributed by atoms with Crippen molar-refractivity contribution in [3.05, 3.63) is 0 Å². The van der Waals surface area contributed by atoms with Crippen molar-refractivity contribution >= 4 is 11.8 Å². The average molecular weight is 311 g/mol. The van der Waals surface area contributed by atoms with Gasteiger partial charge < -0.3 is 14.7 Å². The van der Waals surface area contributed by atoms with Crippen LogP contribution in [0.15, 0.2) is 0 Å². The van der Waals surface area contributed by atoms with Crippen LogP contribution in [0.1, 0.15) is 46.5 Å². The van der Waals surface area contributed by atoms with Crippen molar-refractivity contribution in [1.29, 1.82) is 0 Å². The minimum atomic E-state index is -0.247. The van der Waals surface area contributed by atoms with Crippen molar-refractivity contribution in [3.63, 3.8) is 0 Å². The highest BCUT2D eigenvalue weighted by atomic mass is 16.2. The van der Waals surface area contributed by atoms with Crippen LogP contribution in [0.3, 0.4) is 0 Å². The molecule has 1 saturated heterocycles. The molecule has 2 amide bonds. The first-order valence-electron chi connectivity index (χ1n) is 8.62. The molecule has 22 heavy (non-hydrogen) atoms. The van der Waals surface area contributed by atoms with Gasteiger partial charge in [-0.1, -0.05) is 13.8 Å². The van der Waals surface area contributed by atoms with Gasteiger partial charge in [-0.3, -0.25) is 9.59 Å². The topological polar surface area (TPSA) is 43.9 Å².